The summed E-state index contributed by atoms with van der Waals surface area (Å²) in [5.41, 5.74) is 7.34. The fraction of sp³-hybridized carbons (Fsp3) is 0.667. The van der Waals surface area contributed by atoms with Crippen molar-refractivity contribution in [1.29, 1.82) is 0 Å². The van der Waals surface area contributed by atoms with Crippen LogP contribution in [0.15, 0.2) is 24.3 Å². The van der Waals surface area contributed by atoms with Crippen LogP contribution >= 0.6 is 0 Å². The van der Waals surface area contributed by atoms with Crippen LogP contribution < -0.4 is 10.5 Å². The van der Waals surface area contributed by atoms with E-state index in [1.165, 1.54) is 31.4 Å². The van der Waals surface area contributed by atoms with Gasteiger partial charge in [-0.15, -0.1) is 0 Å². The molecular weight excluding hydrogens is 260 g/mol. The van der Waals surface area contributed by atoms with Gasteiger partial charge in [0.1, 0.15) is 5.75 Å². The molecule has 3 nitrogen and oxygen atoms in total. The summed E-state index contributed by atoms with van der Waals surface area (Å²) in [5, 5.41) is 0. The highest BCUT2D eigenvalue weighted by Gasteiger charge is 2.26. The van der Waals surface area contributed by atoms with Crippen molar-refractivity contribution >= 4 is 0 Å². The van der Waals surface area contributed by atoms with Gasteiger partial charge < -0.3 is 10.5 Å². The van der Waals surface area contributed by atoms with Crippen molar-refractivity contribution in [2.75, 3.05) is 19.7 Å². The van der Waals surface area contributed by atoms with Crippen molar-refractivity contribution in [3.8, 4) is 5.75 Å². The molecule has 3 heteroatoms. The highest BCUT2D eigenvalue weighted by atomic mass is 16.5. The summed E-state index contributed by atoms with van der Waals surface area (Å²) in [7, 11) is 0. The number of likely N-dealkylation sites (tertiary alicyclic amines) is 1. The number of nitrogens with zero attached hydrogens (tertiary/aromatic N) is 1. The van der Waals surface area contributed by atoms with Crippen molar-refractivity contribution in [1.82, 2.24) is 4.90 Å². The summed E-state index contributed by atoms with van der Waals surface area (Å²) in [6, 6.07) is 9.08. The smallest absolute Gasteiger partial charge is 0.119 e. The molecular formula is C18H30N2O. The summed E-state index contributed by atoms with van der Waals surface area (Å²) in [6.45, 7) is 8.16. The number of rotatable bonds is 7. The maximum atomic E-state index is 5.98. The summed E-state index contributed by atoms with van der Waals surface area (Å²) in [4.78, 5) is 2.55. The molecule has 1 heterocycles. The molecule has 0 aliphatic carbocycles. The summed E-state index contributed by atoms with van der Waals surface area (Å²) in [6.07, 6.45) is 4.90. The van der Waals surface area contributed by atoms with Gasteiger partial charge in [-0.25, -0.2) is 0 Å². The minimum absolute atomic E-state index is 0.541. The Morgan fingerprint density at radius 3 is 2.62 bits per heavy atom. The SMILES string of the molecule is CCCOc1ccc(CN2CCC(CC)CC2CN)cc1. The summed E-state index contributed by atoms with van der Waals surface area (Å²) < 4.78 is 5.64. The van der Waals surface area contributed by atoms with Gasteiger partial charge in [0.05, 0.1) is 6.61 Å². The Hall–Kier alpha value is -1.06. The van der Waals surface area contributed by atoms with E-state index in [1.54, 1.807) is 0 Å². The second-order valence-corrected chi connectivity index (χ2v) is 6.15. The number of ether oxygens (including phenoxy) is 1. The van der Waals surface area contributed by atoms with Crippen molar-refractivity contribution in [3.63, 3.8) is 0 Å². The molecule has 0 bridgehead atoms. The minimum atomic E-state index is 0.541. The van der Waals surface area contributed by atoms with Gasteiger partial charge in [0, 0.05) is 19.1 Å². The number of hydrogen-bond acceptors (Lipinski definition) is 3. The molecule has 1 aliphatic heterocycles. The van der Waals surface area contributed by atoms with E-state index in [-0.39, 0.29) is 0 Å². The zero-order valence-electron chi connectivity index (χ0n) is 13.6. The van der Waals surface area contributed by atoms with Crippen LogP contribution in [0.25, 0.3) is 0 Å². The number of piperidine rings is 1. The molecule has 2 unspecified atom stereocenters. The third-order valence-corrected chi connectivity index (χ3v) is 4.58. The Morgan fingerprint density at radius 1 is 1.24 bits per heavy atom. The second kappa shape index (κ2) is 8.40. The van der Waals surface area contributed by atoms with E-state index < -0.39 is 0 Å². The average molecular weight is 290 g/mol. The van der Waals surface area contributed by atoms with Crippen LogP contribution in [0.4, 0.5) is 0 Å². The lowest BCUT2D eigenvalue weighted by Crippen LogP contribution is -2.45. The van der Waals surface area contributed by atoms with Gasteiger partial charge >= 0.3 is 0 Å². The highest BCUT2D eigenvalue weighted by molar-refractivity contribution is 5.27. The normalized spacial score (nSPS) is 23.2. The molecule has 1 fully saturated rings. The van der Waals surface area contributed by atoms with Crippen molar-refractivity contribution < 1.29 is 4.74 Å². The zero-order chi connectivity index (χ0) is 15.1. The van der Waals surface area contributed by atoms with Gasteiger partial charge in [-0.2, -0.15) is 0 Å². The van der Waals surface area contributed by atoms with E-state index in [1.807, 2.05) is 0 Å². The van der Waals surface area contributed by atoms with E-state index in [9.17, 15) is 0 Å². The highest BCUT2D eigenvalue weighted by Crippen LogP contribution is 2.26. The predicted molar refractivity (Wildman–Crippen MR) is 88.5 cm³/mol. The van der Waals surface area contributed by atoms with Crippen LogP contribution in [0, 0.1) is 5.92 Å². The van der Waals surface area contributed by atoms with Crippen LogP contribution in [0.2, 0.25) is 0 Å². The fourth-order valence-electron chi connectivity index (χ4n) is 3.15. The fourth-order valence-corrected chi connectivity index (χ4v) is 3.15. The van der Waals surface area contributed by atoms with Gasteiger partial charge in [0.15, 0.2) is 0 Å². The monoisotopic (exact) mass is 290 g/mol. The lowest BCUT2D eigenvalue weighted by molar-refractivity contribution is 0.107. The van der Waals surface area contributed by atoms with E-state index in [2.05, 4.69) is 43.0 Å². The molecule has 2 atom stereocenters. The van der Waals surface area contributed by atoms with Crippen LogP contribution in [-0.2, 0) is 6.54 Å². The average Bonchev–Trinajstić information content (AvgIpc) is 2.54. The summed E-state index contributed by atoms with van der Waals surface area (Å²) in [5.74, 6) is 1.83. The molecule has 1 saturated heterocycles. The summed E-state index contributed by atoms with van der Waals surface area (Å²) >= 11 is 0. The number of benzene rings is 1. The first-order valence-electron chi connectivity index (χ1n) is 8.42. The first-order valence-corrected chi connectivity index (χ1v) is 8.42. The topological polar surface area (TPSA) is 38.5 Å². The third-order valence-electron chi connectivity index (χ3n) is 4.58. The molecule has 0 aromatic heterocycles. The Kier molecular flexibility index (Phi) is 6.52. The predicted octanol–water partition coefficient (Wildman–Crippen LogP) is 3.42. The van der Waals surface area contributed by atoms with Crippen molar-refractivity contribution in [2.45, 2.75) is 52.1 Å². The number of hydrogen-bond donors (Lipinski definition) is 1. The van der Waals surface area contributed by atoms with Gasteiger partial charge in [-0.3, -0.25) is 4.90 Å². The van der Waals surface area contributed by atoms with Gasteiger partial charge in [-0.05, 0) is 49.4 Å². The molecule has 0 saturated carbocycles. The van der Waals surface area contributed by atoms with Crippen LogP contribution in [-0.4, -0.2) is 30.6 Å². The number of nitrogens with two attached hydrogens (primary N) is 1. The van der Waals surface area contributed by atoms with E-state index in [4.69, 9.17) is 10.5 Å². The maximum Gasteiger partial charge on any atom is 0.119 e. The van der Waals surface area contributed by atoms with Gasteiger partial charge in [-0.1, -0.05) is 32.4 Å². The largest absolute Gasteiger partial charge is 0.494 e. The molecule has 2 N–H and O–H groups in total. The van der Waals surface area contributed by atoms with Crippen LogP contribution in [0.5, 0.6) is 5.75 Å². The molecule has 0 spiro atoms. The Balaban J connectivity index is 1.91. The lowest BCUT2D eigenvalue weighted by Gasteiger charge is -2.38. The lowest BCUT2D eigenvalue weighted by atomic mass is 9.88. The second-order valence-electron chi connectivity index (χ2n) is 6.15. The molecule has 21 heavy (non-hydrogen) atoms. The van der Waals surface area contributed by atoms with Gasteiger partial charge in [0.25, 0.3) is 0 Å². The van der Waals surface area contributed by atoms with Crippen molar-refractivity contribution in [3.05, 3.63) is 29.8 Å². The van der Waals surface area contributed by atoms with E-state index >= 15 is 0 Å². The first-order chi connectivity index (χ1) is 10.3. The Labute approximate surface area is 129 Å². The Morgan fingerprint density at radius 2 is 2.00 bits per heavy atom. The standard InChI is InChI=1S/C18H30N2O/c1-3-11-21-18-7-5-16(6-8-18)14-20-10-9-15(4-2)12-17(20)13-19/h5-8,15,17H,3-4,9-14,19H2,1-2H3. The van der Waals surface area contributed by atoms with Crippen LogP contribution in [0.1, 0.15) is 45.1 Å². The molecule has 1 aliphatic rings. The molecule has 0 radical (unpaired) electrons. The zero-order valence-corrected chi connectivity index (χ0v) is 13.6. The molecule has 1 aromatic carbocycles. The molecule has 0 amide bonds. The Bertz CT molecular complexity index is 404. The first kappa shape index (κ1) is 16.3. The van der Waals surface area contributed by atoms with Gasteiger partial charge in [0.2, 0.25) is 0 Å². The minimum Gasteiger partial charge on any atom is -0.494 e. The van der Waals surface area contributed by atoms with Crippen molar-refractivity contribution in [2.24, 2.45) is 11.7 Å². The quantitative estimate of drug-likeness (QED) is 0.836. The molecule has 1 aromatic rings. The van der Waals surface area contributed by atoms with E-state index in [0.29, 0.717) is 6.04 Å². The maximum absolute atomic E-state index is 5.98. The van der Waals surface area contributed by atoms with E-state index in [0.717, 1.165) is 37.8 Å². The van der Waals surface area contributed by atoms with Crippen LogP contribution in [0.3, 0.4) is 0 Å². The molecule has 2 rings (SSSR count). The third kappa shape index (κ3) is 4.72. The molecule has 118 valence electrons.